The minimum Gasteiger partial charge on any atom is -0.379 e. The first-order valence-corrected chi connectivity index (χ1v) is 10.7. The molecule has 1 unspecified atom stereocenters. The van der Waals surface area contributed by atoms with Crippen molar-refractivity contribution >= 4 is 35.8 Å². The zero-order valence-corrected chi connectivity index (χ0v) is 20.5. The third-order valence-corrected chi connectivity index (χ3v) is 5.29. The maximum Gasteiger partial charge on any atom is 0.239 e. The number of likely N-dealkylation sites (tertiary alicyclic amines) is 1. The van der Waals surface area contributed by atoms with E-state index in [2.05, 4.69) is 42.8 Å². The monoisotopic (exact) mass is 509 g/mol. The molecule has 0 bridgehead atoms. The predicted molar refractivity (Wildman–Crippen MR) is 126 cm³/mol. The molecule has 28 heavy (non-hydrogen) atoms. The Kier molecular flexibility index (Phi) is 12.3. The number of amides is 1. The number of guanidine groups is 1. The molecule has 0 saturated carbocycles. The van der Waals surface area contributed by atoms with Crippen LogP contribution in [0, 0.1) is 0 Å². The zero-order chi connectivity index (χ0) is 19.6. The van der Waals surface area contributed by atoms with Gasteiger partial charge < -0.3 is 19.9 Å². The highest BCUT2D eigenvalue weighted by atomic mass is 127. The van der Waals surface area contributed by atoms with E-state index in [0.717, 1.165) is 84.2 Å². The molecule has 0 aromatic rings. The summed E-state index contributed by atoms with van der Waals surface area (Å²) in [6.07, 6.45) is 3.52. The Labute approximate surface area is 188 Å². The van der Waals surface area contributed by atoms with Crippen molar-refractivity contribution in [3.8, 4) is 0 Å². The smallest absolute Gasteiger partial charge is 0.239 e. The van der Waals surface area contributed by atoms with Crippen LogP contribution in [-0.4, -0.2) is 97.7 Å². The minimum atomic E-state index is -0.0158. The van der Waals surface area contributed by atoms with Crippen LogP contribution in [0.15, 0.2) is 4.99 Å². The van der Waals surface area contributed by atoms with E-state index < -0.39 is 0 Å². The number of nitrogens with one attached hydrogen (secondary N) is 1. The van der Waals surface area contributed by atoms with Gasteiger partial charge >= 0.3 is 0 Å². The van der Waals surface area contributed by atoms with E-state index in [0.29, 0.717) is 5.91 Å². The lowest BCUT2D eigenvalue weighted by Gasteiger charge is -2.39. The lowest BCUT2D eigenvalue weighted by Crippen LogP contribution is -2.57. The third-order valence-electron chi connectivity index (χ3n) is 5.29. The van der Waals surface area contributed by atoms with Crippen LogP contribution in [0.4, 0.5) is 0 Å². The van der Waals surface area contributed by atoms with Gasteiger partial charge in [-0.25, -0.2) is 0 Å². The van der Waals surface area contributed by atoms with E-state index in [4.69, 9.17) is 9.73 Å². The second-order valence-electron chi connectivity index (χ2n) is 7.74. The number of nitrogens with zero attached hydrogens (tertiary/aromatic N) is 4. The van der Waals surface area contributed by atoms with Gasteiger partial charge in [-0.15, -0.1) is 24.0 Å². The summed E-state index contributed by atoms with van der Waals surface area (Å²) in [6, 6.07) is -0.0158. The van der Waals surface area contributed by atoms with Gasteiger partial charge in [0.1, 0.15) is 0 Å². The molecular formula is C20H40IN5O2. The number of carbonyl (C=O) groups is 1. The van der Waals surface area contributed by atoms with Crippen molar-refractivity contribution in [1.82, 2.24) is 20.0 Å². The van der Waals surface area contributed by atoms with Gasteiger partial charge in [-0.2, -0.15) is 0 Å². The van der Waals surface area contributed by atoms with E-state index in [1.54, 1.807) is 0 Å². The molecule has 2 fully saturated rings. The third kappa shape index (κ3) is 8.02. The number of aliphatic imine (C=N–C) groups is 1. The summed E-state index contributed by atoms with van der Waals surface area (Å²) in [6.45, 7) is 16.2. The first-order chi connectivity index (χ1) is 13.0. The molecule has 8 heteroatoms. The average molecular weight is 509 g/mol. The highest BCUT2D eigenvalue weighted by molar-refractivity contribution is 14.0. The van der Waals surface area contributed by atoms with E-state index in [-0.39, 0.29) is 36.1 Å². The molecule has 0 spiro atoms. The Balaban J connectivity index is 0.00000392. The number of rotatable bonds is 8. The highest BCUT2D eigenvalue weighted by Gasteiger charge is 2.30. The Morgan fingerprint density at radius 1 is 1.04 bits per heavy atom. The molecule has 1 N–H and O–H groups in total. The van der Waals surface area contributed by atoms with Crippen LogP contribution in [0.25, 0.3) is 0 Å². The van der Waals surface area contributed by atoms with Gasteiger partial charge in [-0.3, -0.25) is 14.7 Å². The van der Waals surface area contributed by atoms with E-state index in [1.807, 2.05) is 4.90 Å². The topological polar surface area (TPSA) is 60.4 Å². The molecule has 2 heterocycles. The summed E-state index contributed by atoms with van der Waals surface area (Å²) in [5, 5.41) is 3.41. The molecule has 0 aliphatic carbocycles. The van der Waals surface area contributed by atoms with Gasteiger partial charge in [0, 0.05) is 59.0 Å². The summed E-state index contributed by atoms with van der Waals surface area (Å²) in [4.78, 5) is 24.1. The lowest BCUT2D eigenvalue weighted by molar-refractivity contribution is -0.135. The number of hydrogen-bond acceptors (Lipinski definition) is 4. The number of ether oxygens (including phenoxy) is 1. The standard InChI is InChI=1S/C20H39N5O2.HI/c1-5-21-20(22-9-8-16-27-17(2)3)25-14-12-23(13-15-25)18(4)19(26)24-10-6-7-11-24;/h17-18H,5-16H2,1-4H3,(H,21,22);1H. The average Bonchev–Trinajstić information content (AvgIpc) is 3.20. The Morgan fingerprint density at radius 3 is 2.25 bits per heavy atom. The summed E-state index contributed by atoms with van der Waals surface area (Å²) >= 11 is 0. The summed E-state index contributed by atoms with van der Waals surface area (Å²) < 4.78 is 5.59. The molecule has 0 aromatic heterocycles. The van der Waals surface area contributed by atoms with Crippen molar-refractivity contribution in [2.75, 3.05) is 59.0 Å². The van der Waals surface area contributed by atoms with E-state index in [9.17, 15) is 4.79 Å². The van der Waals surface area contributed by atoms with Gasteiger partial charge in [0.25, 0.3) is 0 Å². The fraction of sp³-hybridized carbons (Fsp3) is 0.900. The number of halogens is 1. The summed E-state index contributed by atoms with van der Waals surface area (Å²) in [7, 11) is 0. The molecular weight excluding hydrogens is 469 g/mol. The zero-order valence-electron chi connectivity index (χ0n) is 18.2. The molecule has 0 radical (unpaired) electrons. The van der Waals surface area contributed by atoms with Crippen molar-refractivity contribution < 1.29 is 9.53 Å². The van der Waals surface area contributed by atoms with Gasteiger partial charge in [-0.1, -0.05) is 0 Å². The lowest BCUT2D eigenvalue weighted by atomic mass is 10.2. The molecule has 1 atom stereocenters. The first kappa shape index (κ1) is 25.4. The van der Waals surface area contributed by atoms with E-state index in [1.165, 1.54) is 0 Å². The second kappa shape index (κ2) is 13.6. The maximum absolute atomic E-state index is 12.6. The Morgan fingerprint density at radius 2 is 1.68 bits per heavy atom. The molecule has 1 amide bonds. The SMILES string of the molecule is CCNC(=NCCCOC(C)C)N1CCN(C(C)C(=O)N2CCCC2)CC1.I. The van der Waals surface area contributed by atoms with Crippen molar-refractivity contribution in [2.45, 2.75) is 59.1 Å². The quantitative estimate of drug-likeness (QED) is 0.235. The summed E-state index contributed by atoms with van der Waals surface area (Å²) in [5.41, 5.74) is 0. The van der Waals surface area contributed by atoms with Gasteiger partial charge in [-0.05, 0) is 47.0 Å². The predicted octanol–water partition coefficient (Wildman–Crippen LogP) is 2.01. The first-order valence-electron chi connectivity index (χ1n) is 10.7. The van der Waals surface area contributed by atoms with Gasteiger partial charge in [0.15, 0.2) is 5.96 Å². The Hall–Kier alpha value is -0.610. The van der Waals surface area contributed by atoms with Gasteiger partial charge in [0.05, 0.1) is 12.1 Å². The van der Waals surface area contributed by atoms with Crippen molar-refractivity contribution in [3.05, 3.63) is 0 Å². The van der Waals surface area contributed by atoms with Crippen LogP contribution < -0.4 is 5.32 Å². The normalized spacial score (nSPS) is 19.7. The number of hydrogen-bond donors (Lipinski definition) is 1. The van der Waals surface area contributed by atoms with Crippen molar-refractivity contribution in [1.29, 1.82) is 0 Å². The summed E-state index contributed by atoms with van der Waals surface area (Å²) in [5.74, 6) is 1.28. The second-order valence-corrected chi connectivity index (χ2v) is 7.74. The number of piperazine rings is 1. The van der Waals surface area contributed by atoms with Crippen LogP contribution in [0.1, 0.15) is 47.0 Å². The highest BCUT2D eigenvalue weighted by Crippen LogP contribution is 2.14. The van der Waals surface area contributed by atoms with Gasteiger partial charge in [0.2, 0.25) is 5.91 Å². The van der Waals surface area contributed by atoms with E-state index >= 15 is 0 Å². The minimum absolute atomic E-state index is 0. The molecule has 2 aliphatic heterocycles. The van der Waals surface area contributed by atoms with Crippen LogP contribution in [0.5, 0.6) is 0 Å². The van der Waals surface area contributed by atoms with Crippen LogP contribution >= 0.6 is 24.0 Å². The fourth-order valence-electron chi connectivity index (χ4n) is 3.67. The molecule has 7 nitrogen and oxygen atoms in total. The van der Waals surface area contributed by atoms with Crippen molar-refractivity contribution in [3.63, 3.8) is 0 Å². The molecule has 164 valence electrons. The number of carbonyl (C=O) groups excluding carboxylic acids is 1. The molecule has 2 rings (SSSR count). The Bertz CT molecular complexity index is 475. The van der Waals surface area contributed by atoms with Crippen LogP contribution in [0.3, 0.4) is 0 Å². The van der Waals surface area contributed by atoms with Crippen molar-refractivity contribution in [2.24, 2.45) is 4.99 Å². The van der Waals surface area contributed by atoms with Crippen LogP contribution in [0.2, 0.25) is 0 Å². The molecule has 0 aromatic carbocycles. The molecule has 2 aliphatic rings. The molecule has 2 saturated heterocycles. The van der Waals surface area contributed by atoms with Crippen LogP contribution in [-0.2, 0) is 9.53 Å². The maximum atomic E-state index is 12.6. The largest absolute Gasteiger partial charge is 0.379 e. The fourth-order valence-corrected chi connectivity index (χ4v) is 3.67.